The number of hydrogen-bond acceptors (Lipinski definition) is 4. The van der Waals surface area contributed by atoms with E-state index in [2.05, 4.69) is 38.7 Å². The minimum Gasteiger partial charge on any atom is -0.375 e. The Kier molecular flexibility index (Phi) is 13.5. The molecule has 1 aliphatic carbocycles. The Morgan fingerprint density at radius 3 is 1.86 bits per heavy atom. The highest BCUT2D eigenvalue weighted by molar-refractivity contribution is 7.95. The van der Waals surface area contributed by atoms with Crippen molar-refractivity contribution in [2.45, 2.75) is 122 Å². The molecular formula is C32H50N2O2S. The molecule has 0 spiro atoms. The van der Waals surface area contributed by atoms with E-state index < -0.39 is 9.84 Å². The van der Waals surface area contributed by atoms with Gasteiger partial charge in [0.25, 0.3) is 0 Å². The summed E-state index contributed by atoms with van der Waals surface area (Å²) in [4.78, 5) is 2.60. The molecule has 1 aliphatic rings. The minimum atomic E-state index is -3.85. The van der Waals surface area contributed by atoms with E-state index in [4.69, 9.17) is 0 Å². The van der Waals surface area contributed by atoms with Crippen molar-refractivity contribution in [2.75, 3.05) is 13.1 Å². The van der Waals surface area contributed by atoms with Gasteiger partial charge in [-0.2, -0.15) is 5.26 Å². The molecule has 0 unspecified atom stereocenters. The smallest absolute Gasteiger partial charge is 0.216 e. The summed E-state index contributed by atoms with van der Waals surface area (Å²) in [6, 6.07) is 10.5. The van der Waals surface area contributed by atoms with E-state index in [1.54, 1.807) is 30.3 Å². The van der Waals surface area contributed by atoms with Crippen molar-refractivity contribution < 1.29 is 8.42 Å². The molecule has 0 saturated carbocycles. The first-order valence-corrected chi connectivity index (χ1v) is 16.1. The van der Waals surface area contributed by atoms with Crippen LogP contribution in [0.25, 0.3) is 0 Å². The van der Waals surface area contributed by atoms with Gasteiger partial charge in [-0.15, -0.1) is 0 Å². The molecule has 206 valence electrons. The van der Waals surface area contributed by atoms with Crippen LogP contribution in [0.2, 0.25) is 0 Å². The van der Waals surface area contributed by atoms with Gasteiger partial charge in [-0.05, 0) is 54.9 Å². The highest BCUT2D eigenvalue weighted by Gasteiger charge is 2.33. The lowest BCUT2D eigenvalue weighted by atomic mass is 9.76. The summed E-state index contributed by atoms with van der Waals surface area (Å²) in [5.74, 6) is 0. The van der Waals surface area contributed by atoms with Gasteiger partial charge in [0.15, 0.2) is 4.91 Å². The highest BCUT2D eigenvalue weighted by Crippen LogP contribution is 2.41. The maximum atomic E-state index is 13.4. The van der Waals surface area contributed by atoms with Gasteiger partial charge in [-0.1, -0.05) is 110 Å². The van der Waals surface area contributed by atoms with Gasteiger partial charge < -0.3 is 4.90 Å². The van der Waals surface area contributed by atoms with Crippen LogP contribution >= 0.6 is 0 Å². The van der Waals surface area contributed by atoms with Crippen LogP contribution in [0.15, 0.2) is 57.5 Å². The predicted molar refractivity (Wildman–Crippen MR) is 156 cm³/mol. The molecule has 0 fully saturated rings. The summed E-state index contributed by atoms with van der Waals surface area (Å²) in [5.41, 5.74) is 1.76. The number of allylic oxidation sites excluding steroid dienone is 4. The molecule has 0 aromatic heterocycles. The second-order valence-electron chi connectivity index (χ2n) is 11.5. The van der Waals surface area contributed by atoms with Crippen LogP contribution in [0.5, 0.6) is 0 Å². The molecule has 0 aliphatic heterocycles. The lowest BCUT2D eigenvalue weighted by Gasteiger charge is -2.38. The van der Waals surface area contributed by atoms with Crippen LogP contribution in [0.3, 0.4) is 0 Å². The molecule has 0 saturated heterocycles. The number of hydrogen-bond donors (Lipinski definition) is 0. The number of benzene rings is 1. The normalized spacial score (nSPS) is 16.7. The van der Waals surface area contributed by atoms with Crippen molar-refractivity contribution in [2.24, 2.45) is 5.41 Å². The van der Waals surface area contributed by atoms with E-state index in [1.807, 2.05) is 6.08 Å². The maximum Gasteiger partial charge on any atom is 0.216 e. The average molecular weight is 527 g/mol. The third-order valence-electron chi connectivity index (χ3n) is 7.35. The van der Waals surface area contributed by atoms with Crippen molar-refractivity contribution in [3.63, 3.8) is 0 Å². The Labute approximate surface area is 227 Å². The van der Waals surface area contributed by atoms with Crippen LogP contribution in [0.1, 0.15) is 118 Å². The Hall–Kier alpha value is -2.06. The van der Waals surface area contributed by atoms with Gasteiger partial charge in [0.05, 0.1) is 4.90 Å². The first kappa shape index (κ1) is 31.2. The van der Waals surface area contributed by atoms with Gasteiger partial charge in [0.2, 0.25) is 9.84 Å². The molecule has 0 amide bonds. The maximum absolute atomic E-state index is 13.4. The molecule has 2 rings (SSSR count). The minimum absolute atomic E-state index is 0.0944. The van der Waals surface area contributed by atoms with E-state index in [9.17, 15) is 13.7 Å². The molecule has 1 aromatic rings. The first-order chi connectivity index (χ1) is 17.7. The van der Waals surface area contributed by atoms with Gasteiger partial charge in [0, 0.05) is 18.8 Å². The van der Waals surface area contributed by atoms with E-state index in [0.717, 1.165) is 32.4 Å². The SMILES string of the molecule is CCCCCCCCN(CCCCCCCC)C1=C/C(=C(\C#N)S(=O)(=O)c2ccccc2)CC(C)(C)C1. The fraction of sp³-hybridized carbons (Fsp3) is 0.656. The summed E-state index contributed by atoms with van der Waals surface area (Å²) in [5, 5.41) is 10.0. The molecule has 0 radical (unpaired) electrons. The Morgan fingerprint density at radius 1 is 0.838 bits per heavy atom. The van der Waals surface area contributed by atoms with Crippen LogP contribution in [-0.2, 0) is 9.84 Å². The fourth-order valence-electron chi connectivity index (χ4n) is 5.31. The van der Waals surface area contributed by atoms with Gasteiger partial charge in [-0.25, -0.2) is 8.42 Å². The summed E-state index contributed by atoms with van der Waals surface area (Å²) in [7, 11) is -3.85. The Morgan fingerprint density at radius 2 is 1.35 bits per heavy atom. The van der Waals surface area contributed by atoms with Crippen LogP contribution < -0.4 is 0 Å². The summed E-state index contributed by atoms with van der Waals surface area (Å²) < 4.78 is 26.8. The molecule has 1 aromatic carbocycles. The van der Waals surface area contributed by atoms with Gasteiger partial charge in [-0.3, -0.25) is 0 Å². The zero-order valence-electron chi connectivity index (χ0n) is 23.9. The van der Waals surface area contributed by atoms with E-state index in [1.165, 1.54) is 69.9 Å². The third-order valence-corrected chi connectivity index (χ3v) is 9.14. The Bertz CT molecular complexity index is 1000. The van der Waals surface area contributed by atoms with Crippen LogP contribution in [0, 0.1) is 16.7 Å². The largest absolute Gasteiger partial charge is 0.375 e. The zero-order valence-corrected chi connectivity index (χ0v) is 24.7. The molecule has 0 heterocycles. The second-order valence-corrected chi connectivity index (χ2v) is 13.3. The standard InChI is InChI=1S/C32H50N2O2S/c1-5-7-9-11-13-18-22-34(23-19-14-12-10-8-6-2)29-24-28(25-32(3,4)26-29)31(27-33)37(35,36)30-20-16-15-17-21-30/h15-17,20-21,24H,5-14,18-19,22-23,25-26H2,1-4H3/b31-28-. The lowest BCUT2D eigenvalue weighted by molar-refractivity contribution is 0.255. The topological polar surface area (TPSA) is 61.2 Å². The summed E-state index contributed by atoms with van der Waals surface area (Å²) >= 11 is 0. The van der Waals surface area contributed by atoms with Gasteiger partial charge in [0.1, 0.15) is 6.07 Å². The van der Waals surface area contributed by atoms with Crippen molar-refractivity contribution in [3.8, 4) is 6.07 Å². The van der Waals surface area contributed by atoms with Crippen molar-refractivity contribution in [1.82, 2.24) is 4.90 Å². The molecular weight excluding hydrogens is 476 g/mol. The number of unbranched alkanes of at least 4 members (excludes halogenated alkanes) is 10. The van der Waals surface area contributed by atoms with E-state index in [-0.39, 0.29) is 15.2 Å². The second kappa shape index (κ2) is 16.0. The van der Waals surface area contributed by atoms with Crippen molar-refractivity contribution in [1.29, 1.82) is 5.26 Å². The first-order valence-electron chi connectivity index (χ1n) is 14.6. The van der Waals surface area contributed by atoms with Crippen molar-refractivity contribution >= 4 is 9.84 Å². The molecule has 5 heteroatoms. The molecule has 0 N–H and O–H groups in total. The fourth-order valence-corrected chi connectivity index (χ4v) is 6.66. The number of rotatable bonds is 17. The summed E-state index contributed by atoms with van der Waals surface area (Å²) in [6.07, 6.45) is 18.6. The van der Waals surface area contributed by atoms with E-state index in [0.29, 0.717) is 12.0 Å². The molecule has 4 nitrogen and oxygen atoms in total. The predicted octanol–water partition coefficient (Wildman–Crippen LogP) is 8.96. The quantitative estimate of drug-likeness (QED) is 0.150. The van der Waals surface area contributed by atoms with Crippen LogP contribution in [-0.4, -0.2) is 26.4 Å². The monoisotopic (exact) mass is 526 g/mol. The van der Waals surface area contributed by atoms with Gasteiger partial charge >= 0.3 is 0 Å². The molecule has 37 heavy (non-hydrogen) atoms. The highest BCUT2D eigenvalue weighted by atomic mass is 32.2. The number of nitriles is 1. The van der Waals surface area contributed by atoms with Crippen molar-refractivity contribution in [3.05, 3.63) is 52.6 Å². The summed E-state index contributed by atoms with van der Waals surface area (Å²) in [6.45, 7) is 10.9. The zero-order chi connectivity index (χ0) is 27.2. The molecule has 0 atom stereocenters. The third kappa shape index (κ3) is 10.3. The Balaban J connectivity index is 2.30. The number of nitrogens with zero attached hydrogens (tertiary/aromatic N) is 2. The van der Waals surface area contributed by atoms with E-state index >= 15 is 0 Å². The lowest BCUT2D eigenvalue weighted by Crippen LogP contribution is -2.31. The number of sulfone groups is 1. The average Bonchev–Trinajstić information content (AvgIpc) is 2.86. The molecule has 0 bridgehead atoms. The van der Waals surface area contributed by atoms with Crippen LogP contribution in [0.4, 0.5) is 0 Å².